The summed E-state index contributed by atoms with van der Waals surface area (Å²) in [6.07, 6.45) is 5.49. The van der Waals surface area contributed by atoms with E-state index in [1.165, 1.54) is 22.2 Å². The first kappa shape index (κ1) is 19.3. The Morgan fingerprint density at radius 1 is 1.12 bits per heavy atom. The maximum Gasteiger partial charge on any atom is 0.143 e. The van der Waals surface area contributed by atoms with Crippen LogP contribution in [0.1, 0.15) is 49.6 Å². The van der Waals surface area contributed by atoms with E-state index in [2.05, 4.69) is 65.6 Å². The lowest BCUT2D eigenvalue weighted by Gasteiger charge is -2.53. The van der Waals surface area contributed by atoms with Gasteiger partial charge in [-0.2, -0.15) is 0 Å². The second kappa shape index (κ2) is 6.46. The Labute approximate surface area is 194 Å². The third-order valence-electron chi connectivity index (χ3n) is 8.49. The fourth-order valence-electron chi connectivity index (χ4n) is 7.18. The summed E-state index contributed by atoms with van der Waals surface area (Å²) in [6, 6.07) is 17.2. The molecule has 1 saturated heterocycles. The summed E-state index contributed by atoms with van der Waals surface area (Å²) in [5, 5.41) is 1.40. The summed E-state index contributed by atoms with van der Waals surface area (Å²) in [5.74, 6) is 7.78. The molecule has 4 aliphatic rings. The van der Waals surface area contributed by atoms with Crippen LogP contribution in [0.4, 0.5) is 0 Å². The second-order valence-corrected chi connectivity index (χ2v) is 10.1. The first-order chi connectivity index (χ1) is 16.1. The maximum atomic E-state index is 7.05. The van der Waals surface area contributed by atoms with Gasteiger partial charge in [-0.1, -0.05) is 37.0 Å². The Kier molecular flexibility index (Phi) is 3.78. The molecule has 166 valence electrons. The lowest BCUT2D eigenvalue weighted by molar-refractivity contribution is -0.0707. The number of aromatic nitrogens is 1. The van der Waals surface area contributed by atoms with Crippen molar-refractivity contribution in [3.63, 3.8) is 0 Å². The van der Waals surface area contributed by atoms with E-state index < -0.39 is 0 Å². The van der Waals surface area contributed by atoms with Crippen LogP contribution in [0.5, 0.6) is 5.75 Å². The molecule has 1 unspecified atom stereocenters. The summed E-state index contributed by atoms with van der Waals surface area (Å²) in [5.41, 5.74) is 6.14. The topological polar surface area (TPSA) is 26.6 Å². The minimum atomic E-state index is -0.349. The van der Waals surface area contributed by atoms with Crippen LogP contribution in [0.2, 0.25) is 0 Å². The van der Waals surface area contributed by atoms with Crippen LogP contribution in [0.3, 0.4) is 0 Å². The molecular formula is C29H28N2O2. The quantitative estimate of drug-likeness (QED) is 0.505. The Morgan fingerprint density at radius 3 is 2.73 bits per heavy atom. The maximum absolute atomic E-state index is 7.05. The molecule has 1 aromatic heterocycles. The van der Waals surface area contributed by atoms with Gasteiger partial charge in [0.05, 0.1) is 18.7 Å². The van der Waals surface area contributed by atoms with Gasteiger partial charge in [0.15, 0.2) is 0 Å². The molecule has 4 aliphatic heterocycles. The van der Waals surface area contributed by atoms with Crippen LogP contribution in [0, 0.1) is 17.3 Å². The van der Waals surface area contributed by atoms with Crippen LogP contribution in [-0.4, -0.2) is 29.2 Å². The van der Waals surface area contributed by atoms with E-state index in [9.17, 15) is 0 Å². The number of rotatable bonds is 2. The SMILES string of the molecule is CC[C@@]12CC3(C)O[C@@H]1C(C#Cc1ccc(OC)cc1)=CN1CCc4c(n3c3ccccc43)[C@@H]12. The van der Waals surface area contributed by atoms with E-state index in [1.807, 2.05) is 24.3 Å². The van der Waals surface area contributed by atoms with Crippen LogP contribution < -0.4 is 4.74 Å². The highest BCUT2D eigenvalue weighted by Gasteiger charge is 2.67. The number of ether oxygens (including phenoxy) is 2. The predicted octanol–water partition coefficient (Wildman–Crippen LogP) is 5.37. The van der Waals surface area contributed by atoms with Gasteiger partial charge in [0.2, 0.25) is 0 Å². The van der Waals surface area contributed by atoms with Gasteiger partial charge in [0.1, 0.15) is 17.6 Å². The number of benzene rings is 2. The van der Waals surface area contributed by atoms with Gasteiger partial charge < -0.3 is 18.9 Å². The summed E-state index contributed by atoms with van der Waals surface area (Å²) in [6.45, 7) is 5.66. The molecule has 0 spiro atoms. The monoisotopic (exact) mass is 436 g/mol. The summed E-state index contributed by atoms with van der Waals surface area (Å²) in [7, 11) is 1.69. The fourth-order valence-corrected chi connectivity index (χ4v) is 7.18. The zero-order chi connectivity index (χ0) is 22.4. The molecule has 2 aromatic carbocycles. The van der Waals surface area contributed by atoms with Gasteiger partial charge in [0.25, 0.3) is 0 Å². The fraction of sp³-hybridized carbons (Fsp3) is 0.379. The largest absolute Gasteiger partial charge is 0.497 e. The van der Waals surface area contributed by atoms with Gasteiger partial charge >= 0.3 is 0 Å². The van der Waals surface area contributed by atoms with Crippen molar-refractivity contribution in [3.8, 4) is 17.6 Å². The Bertz CT molecular complexity index is 1390. The van der Waals surface area contributed by atoms with Crippen LogP contribution in [0.15, 0.2) is 60.3 Å². The second-order valence-electron chi connectivity index (χ2n) is 10.1. The molecule has 0 radical (unpaired) electrons. The number of nitrogens with zero attached hydrogens (tertiary/aromatic N) is 2. The molecule has 5 heterocycles. The Balaban J connectivity index is 1.40. The normalized spacial score (nSPS) is 30.6. The average Bonchev–Trinajstić information content (AvgIpc) is 3.34. The molecule has 0 amide bonds. The highest BCUT2D eigenvalue weighted by Crippen LogP contribution is 2.67. The molecule has 4 nitrogen and oxygen atoms in total. The zero-order valence-electron chi connectivity index (χ0n) is 19.4. The van der Waals surface area contributed by atoms with Gasteiger partial charge in [-0.3, -0.25) is 0 Å². The van der Waals surface area contributed by atoms with E-state index in [0.29, 0.717) is 6.04 Å². The van der Waals surface area contributed by atoms with Gasteiger partial charge in [-0.15, -0.1) is 0 Å². The van der Waals surface area contributed by atoms with Crippen molar-refractivity contribution >= 4 is 10.9 Å². The van der Waals surface area contributed by atoms with E-state index in [-0.39, 0.29) is 17.2 Å². The molecule has 7 rings (SSSR count). The molecule has 4 atom stereocenters. The molecule has 3 aromatic rings. The van der Waals surface area contributed by atoms with Gasteiger partial charge in [-0.05, 0) is 55.7 Å². The van der Waals surface area contributed by atoms with Crippen molar-refractivity contribution in [2.24, 2.45) is 5.41 Å². The number of fused-ring (bicyclic) bond motifs is 5. The predicted molar refractivity (Wildman–Crippen MR) is 129 cm³/mol. The smallest absolute Gasteiger partial charge is 0.143 e. The number of hydrogen-bond acceptors (Lipinski definition) is 3. The molecule has 2 bridgehead atoms. The van der Waals surface area contributed by atoms with Crippen molar-refractivity contribution in [2.75, 3.05) is 13.7 Å². The highest BCUT2D eigenvalue weighted by atomic mass is 16.5. The van der Waals surface area contributed by atoms with Crippen molar-refractivity contribution in [3.05, 3.63) is 77.1 Å². The molecular weight excluding hydrogens is 408 g/mol. The van der Waals surface area contributed by atoms with E-state index in [4.69, 9.17) is 9.47 Å². The molecule has 4 heteroatoms. The number of hydrogen-bond donors (Lipinski definition) is 0. The van der Waals surface area contributed by atoms with E-state index in [0.717, 1.165) is 42.7 Å². The third kappa shape index (κ3) is 2.36. The molecule has 0 saturated carbocycles. The van der Waals surface area contributed by atoms with Gasteiger partial charge in [0, 0.05) is 46.8 Å². The average molecular weight is 437 g/mol. The van der Waals surface area contributed by atoms with Crippen LogP contribution in [0.25, 0.3) is 10.9 Å². The molecule has 33 heavy (non-hydrogen) atoms. The van der Waals surface area contributed by atoms with Crippen molar-refractivity contribution in [1.82, 2.24) is 9.47 Å². The minimum absolute atomic E-state index is 0.0177. The first-order valence-corrected chi connectivity index (χ1v) is 12.0. The Morgan fingerprint density at radius 2 is 1.94 bits per heavy atom. The third-order valence-corrected chi connectivity index (χ3v) is 8.49. The lowest BCUT2D eigenvalue weighted by atomic mass is 9.63. The van der Waals surface area contributed by atoms with Crippen molar-refractivity contribution in [2.45, 2.75) is 51.0 Å². The zero-order valence-corrected chi connectivity index (χ0v) is 19.4. The summed E-state index contributed by atoms with van der Waals surface area (Å²) in [4.78, 5) is 2.57. The number of para-hydroxylation sites is 1. The lowest BCUT2D eigenvalue weighted by Crippen LogP contribution is -2.53. The molecule has 1 fully saturated rings. The molecule has 0 N–H and O–H groups in total. The van der Waals surface area contributed by atoms with E-state index in [1.54, 1.807) is 7.11 Å². The Hall–Kier alpha value is -3.16. The first-order valence-electron chi connectivity index (χ1n) is 12.0. The minimum Gasteiger partial charge on any atom is -0.497 e. The van der Waals surface area contributed by atoms with Crippen LogP contribution >= 0.6 is 0 Å². The van der Waals surface area contributed by atoms with Crippen molar-refractivity contribution in [1.29, 1.82) is 0 Å². The summed E-state index contributed by atoms with van der Waals surface area (Å²) < 4.78 is 14.9. The molecule has 0 aliphatic carbocycles. The van der Waals surface area contributed by atoms with E-state index >= 15 is 0 Å². The highest BCUT2D eigenvalue weighted by molar-refractivity contribution is 5.87. The standard InChI is InChI=1S/C29H28N2O2/c1-4-29-18-28(2)31-24-8-6-5-7-22(24)23-15-16-30(26(29)25(23)31)17-20(27(29)33-28)12-9-19-10-13-21(32-3)14-11-19/h5-8,10-11,13-14,17,26-27H,4,15-16,18H2,1-3H3/t26-,27-,28?,29+/m1/s1. The summed E-state index contributed by atoms with van der Waals surface area (Å²) >= 11 is 0. The van der Waals surface area contributed by atoms with Crippen molar-refractivity contribution < 1.29 is 9.47 Å². The van der Waals surface area contributed by atoms with Gasteiger partial charge in [-0.25, -0.2) is 0 Å². The van der Waals surface area contributed by atoms with Crippen LogP contribution in [-0.2, 0) is 16.9 Å². The number of methoxy groups -OCH3 is 1.